The van der Waals surface area contributed by atoms with Crippen LogP contribution in [0.15, 0.2) is 198 Å². The van der Waals surface area contributed by atoms with Gasteiger partial charge in [-0.1, -0.05) is 140 Å². The molecule has 0 bridgehead atoms. The van der Waals surface area contributed by atoms with E-state index in [1.807, 2.05) is 146 Å². The van der Waals surface area contributed by atoms with E-state index >= 15 is 0 Å². The fraction of sp³-hybridized carbons (Fsp3) is 0.200. The summed E-state index contributed by atoms with van der Waals surface area (Å²) >= 11 is 0. The number of carbonyl (C=O) groups excluding carboxylic acids is 3. The highest BCUT2D eigenvalue weighted by Gasteiger charge is 2.38. The molecule has 0 aliphatic rings. The molecule has 0 saturated carbocycles. The van der Waals surface area contributed by atoms with Gasteiger partial charge in [-0.05, 0) is 91.1 Å². The van der Waals surface area contributed by atoms with Crippen molar-refractivity contribution in [3.05, 3.63) is 199 Å². The number of amides is 3. The van der Waals surface area contributed by atoms with Crippen LogP contribution in [0.4, 0.5) is 19.0 Å². The molecule has 2 unspecified atom stereocenters. The van der Waals surface area contributed by atoms with E-state index in [0.29, 0.717) is 68.4 Å². The number of unbranched alkanes of at least 4 members (excludes halogenated alkanes) is 3. The van der Waals surface area contributed by atoms with Crippen molar-refractivity contribution in [1.29, 1.82) is 0 Å². The minimum atomic E-state index is -5.08. The summed E-state index contributed by atoms with van der Waals surface area (Å²) in [5.74, 6) is -6.46. The molecular weight excluding hydrogens is 1220 g/mol. The summed E-state index contributed by atoms with van der Waals surface area (Å²) in [4.78, 5) is 82.9. The Morgan fingerprint density at radius 2 is 1.10 bits per heavy atom. The number of carboxylic acids is 3. The Hall–Kier alpha value is -10.7. The number of hydrogen-bond acceptors (Lipinski definition) is 17. The van der Waals surface area contributed by atoms with Crippen molar-refractivity contribution >= 4 is 57.8 Å². The number of aromatic nitrogens is 3. The quantitative estimate of drug-likeness (QED) is 0.00780. The number of carbonyl (C=O) groups is 6. The van der Waals surface area contributed by atoms with Gasteiger partial charge in [0.25, 0.3) is 16.0 Å². The van der Waals surface area contributed by atoms with E-state index in [1.54, 1.807) is 6.07 Å². The standard InChI is InChI=1S/C38H36N6O8S.C25H27N3O4.C2HF3O2/c39-36(38(47)48)44(37(46)29-19-20-33(40-24-29)43-41-25-28-16-9-10-17-32(28)53(49,50)51)35(45)18-8-3-11-21-52-34-23-30(26-12-4-1-5-13-26)22-31(42-34)27-14-6-2-7-15-27;26-21(25(31)27-17-24(29)30)13-7-8-14-32-23-16-20(18-9-3-1-4-10-18)15-22(28-23)19-11-5-2-6-12-19;3-2(4,5)1(6)7/h1-2,4-7,9-10,12-17,19-20,22-25,36H,3,8,11,18,21,39H2,(H,40,43)(H,47,48)(H,49,50,51);1-6,9-12,15-16,21H,7-8,13-14,17,26H2,(H,27,31)(H,29,30);(H,6,7). The number of alkyl halides is 3. The Morgan fingerprint density at radius 3 is 1.55 bits per heavy atom. The third-order valence-corrected chi connectivity index (χ3v) is 13.9. The second kappa shape index (κ2) is 34.9. The van der Waals surface area contributed by atoms with E-state index in [4.69, 9.17) is 40.9 Å². The zero-order valence-electron chi connectivity index (χ0n) is 49.0. The molecule has 23 nitrogen and oxygen atoms in total. The molecular formula is C65H64F3N9O14S. The molecule has 3 amide bonds. The van der Waals surface area contributed by atoms with Gasteiger partial charge in [0, 0.05) is 41.4 Å². The first-order chi connectivity index (χ1) is 44.0. The predicted molar refractivity (Wildman–Crippen MR) is 334 cm³/mol. The third-order valence-electron chi connectivity index (χ3n) is 13.0. The number of aliphatic carboxylic acids is 3. The number of nitrogens with zero attached hydrogens (tertiary/aromatic N) is 5. The minimum Gasteiger partial charge on any atom is -0.480 e. The molecule has 8 rings (SSSR count). The lowest BCUT2D eigenvalue weighted by Gasteiger charge is -2.24. The van der Waals surface area contributed by atoms with Gasteiger partial charge < -0.3 is 41.6 Å². The summed E-state index contributed by atoms with van der Waals surface area (Å²) in [6, 6.07) is 55.1. The molecule has 0 fully saturated rings. The number of anilines is 1. The lowest BCUT2D eigenvalue weighted by molar-refractivity contribution is -0.192. The Morgan fingerprint density at radius 1 is 0.620 bits per heavy atom. The zero-order chi connectivity index (χ0) is 66.6. The number of ether oxygens (including phenoxy) is 2. The lowest BCUT2D eigenvalue weighted by atomic mass is 10.0. The van der Waals surface area contributed by atoms with Crippen LogP contribution in [0.2, 0.25) is 0 Å². The molecule has 92 heavy (non-hydrogen) atoms. The van der Waals surface area contributed by atoms with E-state index in [1.165, 1.54) is 30.3 Å². The molecule has 5 aromatic carbocycles. The van der Waals surface area contributed by atoms with Gasteiger partial charge in [0.05, 0.1) is 42.4 Å². The van der Waals surface area contributed by atoms with Gasteiger partial charge in [0.15, 0.2) is 6.17 Å². The number of hydrogen-bond donors (Lipinski definition) is 8. The summed E-state index contributed by atoms with van der Waals surface area (Å²) in [6.45, 7) is 0.319. The number of halogens is 3. The van der Waals surface area contributed by atoms with Gasteiger partial charge in [-0.3, -0.25) is 34.1 Å². The Kier molecular flexibility index (Phi) is 26.7. The smallest absolute Gasteiger partial charge is 0.480 e. The van der Waals surface area contributed by atoms with Gasteiger partial charge in [-0.15, -0.1) is 0 Å². The molecule has 8 aromatic rings. The minimum absolute atomic E-state index is 0.102. The fourth-order valence-corrected chi connectivity index (χ4v) is 9.08. The SMILES string of the molecule is NC(C(=O)O)N(C(=O)CCCCCOc1cc(-c2ccccc2)cc(-c2ccccc2)n1)C(=O)c1ccc(NN=Cc2ccccc2S(=O)(=O)O)nc1.NC(CCCCOc1cc(-c2ccccc2)cc(-c2ccccc2)n1)C(=O)NCC(=O)O.O=C(O)C(F)(F)F. The highest BCUT2D eigenvalue weighted by Crippen LogP contribution is 2.31. The van der Waals surface area contributed by atoms with E-state index in [2.05, 4.69) is 25.8 Å². The first-order valence-electron chi connectivity index (χ1n) is 28.2. The predicted octanol–water partition coefficient (Wildman–Crippen LogP) is 9.61. The Labute approximate surface area is 526 Å². The second-order valence-corrected chi connectivity index (χ2v) is 21.2. The van der Waals surface area contributed by atoms with Crippen LogP contribution in [0.1, 0.15) is 60.9 Å². The number of nitrogens with one attached hydrogen (secondary N) is 2. The number of nitrogens with two attached hydrogens (primary N) is 2. The van der Waals surface area contributed by atoms with Gasteiger partial charge in [-0.2, -0.15) is 26.7 Å². The number of imide groups is 1. The van der Waals surface area contributed by atoms with Gasteiger partial charge in [0.2, 0.25) is 23.6 Å². The number of carboxylic acid groups (broad SMARTS) is 3. The topological polar surface area (TPSA) is 366 Å². The van der Waals surface area contributed by atoms with Crippen LogP contribution < -0.4 is 31.7 Å². The maximum absolute atomic E-state index is 13.3. The van der Waals surface area contributed by atoms with Crippen LogP contribution in [0, 0.1) is 0 Å². The van der Waals surface area contributed by atoms with Crippen LogP contribution >= 0.6 is 0 Å². The van der Waals surface area contributed by atoms with Gasteiger partial charge in [0.1, 0.15) is 17.3 Å². The van der Waals surface area contributed by atoms with E-state index in [-0.39, 0.29) is 28.3 Å². The molecule has 27 heteroatoms. The molecule has 0 aliphatic heterocycles. The van der Waals surface area contributed by atoms with Crippen molar-refractivity contribution in [2.45, 2.75) is 68.2 Å². The van der Waals surface area contributed by atoms with Crippen molar-refractivity contribution in [3.63, 3.8) is 0 Å². The molecule has 0 saturated heterocycles. The zero-order valence-corrected chi connectivity index (χ0v) is 49.8. The van der Waals surface area contributed by atoms with Crippen molar-refractivity contribution in [2.24, 2.45) is 16.6 Å². The molecule has 2 atom stereocenters. The van der Waals surface area contributed by atoms with Crippen molar-refractivity contribution < 1.29 is 79.7 Å². The van der Waals surface area contributed by atoms with E-state index < -0.39 is 70.7 Å². The number of rotatable bonds is 27. The highest BCUT2D eigenvalue weighted by molar-refractivity contribution is 7.86. The van der Waals surface area contributed by atoms with Gasteiger partial charge in [-0.25, -0.2) is 24.5 Å². The largest absolute Gasteiger partial charge is 0.490 e. The van der Waals surface area contributed by atoms with Crippen LogP contribution in [0.5, 0.6) is 11.8 Å². The van der Waals surface area contributed by atoms with Gasteiger partial charge >= 0.3 is 24.1 Å². The monoisotopic (exact) mass is 1280 g/mol. The summed E-state index contributed by atoms with van der Waals surface area (Å²) in [7, 11) is -4.48. The first kappa shape index (κ1) is 70.3. The summed E-state index contributed by atoms with van der Waals surface area (Å²) in [5.41, 5.74) is 21.8. The Bertz CT molecular complexity index is 3780. The van der Waals surface area contributed by atoms with Crippen molar-refractivity contribution in [2.75, 3.05) is 25.2 Å². The number of benzene rings is 5. The van der Waals surface area contributed by atoms with Crippen LogP contribution in [0.25, 0.3) is 44.8 Å². The average molecular weight is 1280 g/mol. The molecule has 0 aliphatic carbocycles. The number of pyridine rings is 3. The fourth-order valence-electron chi connectivity index (χ4n) is 8.41. The highest BCUT2D eigenvalue weighted by atomic mass is 32.2. The number of hydrazone groups is 1. The third kappa shape index (κ3) is 22.7. The van der Waals surface area contributed by atoms with Crippen LogP contribution in [-0.2, 0) is 34.1 Å². The molecule has 0 radical (unpaired) electrons. The normalized spacial score (nSPS) is 11.7. The molecule has 480 valence electrons. The summed E-state index contributed by atoms with van der Waals surface area (Å²) < 4.78 is 76.2. The van der Waals surface area contributed by atoms with Crippen molar-refractivity contribution in [1.82, 2.24) is 25.2 Å². The first-order valence-corrected chi connectivity index (χ1v) is 29.7. The maximum Gasteiger partial charge on any atom is 0.490 e. The molecule has 10 N–H and O–H groups in total. The Balaban J connectivity index is 0.000000291. The summed E-state index contributed by atoms with van der Waals surface area (Å²) in [5, 5.41) is 31.5. The van der Waals surface area contributed by atoms with E-state index in [0.717, 1.165) is 57.2 Å². The maximum atomic E-state index is 13.3. The summed E-state index contributed by atoms with van der Waals surface area (Å²) in [6.07, 6.45) is -1.63. The average Bonchev–Trinajstić information content (AvgIpc) is 0.947. The molecule has 3 heterocycles. The molecule has 0 spiro atoms. The second-order valence-electron chi connectivity index (χ2n) is 19.8. The van der Waals surface area contributed by atoms with Crippen molar-refractivity contribution in [3.8, 4) is 56.5 Å². The van der Waals surface area contributed by atoms with Crippen LogP contribution in [0.3, 0.4) is 0 Å². The lowest BCUT2D eigenvalue weighted by Crippen LogP contribution is -2.53. The van der Waals surface area contributed by atoms with Crippen LogP contribution in [-0.4, -0.2) is 128 Å². The van der Waals surface area contributed by atoms with E-state index in [9.17, 15) is 55.2 Å². The molecule has 3 aromatic heterocycles.